The van der Waals surface area contributed by atoms with Crippen LogP contribution in [0.25, 0.3) is 11.1 Å². The molecule has 1 heterocycles. The highest BCUT2D eigenvalue weighted by atomic mass is 35.5. The summed E-state index contributed by atoms with van der Waals surface area (Å²) in [5, 5.41) is 8.03. The maximum absolute atomic E-state index is 13.4. The topological polar surface area (TPSA) is 104 Å². The van der Waals surface area contributed by atoms with Gasteiger partial charge in [-0.1, -0.05) is 78.3 Å². The first-order valence-electron chi connectivity index (χ1n) is 12.7. The van der Waals surface area contributed by atoms with E-state index in [2.05, 4.69) is 26.9 Å². The highest BCUT2D eigenvalue weighted by Gasteiger charge is 2.28. The molecule has 0 bridgehead atoms. The van der Waals surface area contributed by atoms with Crippen molar-refractivity contribution >= 4 is 29.2 Å². The van der Waals surface area contributed by atoms with Crippen LogP contribution < -0.4 is 21.8 Å². The summed E-state index contributed by atoms with van der Waals surface area (Å²) in [6.45, 7) is 2.05. The monoisotopic (exact) mass is 533 g/mol. The van der Waals surface area contributed by atoms with Crippen molar-refractivity contribution < 1.29 is 14.3 Å². The number of ketones is 1. The van der Waals surface area contributed by atoms with Crippen LogP contribution in [-0.4, -0.2) is 36.3 Å². The Kier molecular flexibility index (Phi) is 9.86. The van der Waals surface area contributed by atoms with Crippen molar-refractivity contribution in [3.05, 3.63) is 95.0 Å². The van der Waals surface area contributed by atoms with Gasteiger partial charge in [-0.3, -0.25) is 20.3 Å². The number of hydrazine groups is 2. The third-order valence-corrected chi connectivity index (χ3v) is 6.51. The Balaban J connectivity index is 1.52. The van der Waals surface area contributed by atoms with E-state index in [-0.39, 0.29) is 24.8 Å². The van der Waals surface area contributed by atoms with Crippen molar-refractivity contribution in [2.24, 2.45) is 5.10 Å². The molecule has 1 aliphatic heterocycles. The molecule has 38 heavy (non-hydrogen) atoms. The number of Topliss-reactive ketones (excluding diaryl/α,β-unsaturated/α-hetero) is 1. The Morgan fingerprint density at radius 2 is 1.74 bits per heavy atom. The van der Waals surface area contributed by atoms with Gasteiger partial charge in [0, 0.05) is 5.02 Å². The van der Waals surface area contributed by atoms with Gasteiger partial charge in [-0.25, -0.2) is 5.53 Å². The summed E-state index contributed by atoms with van der Waals surface area (Å²) in [6, 6.07) is 24.4. The molecule has 0 aliphatic carbocycles. The molecule has 0 aromatic heterocycles. The van der Waals surface area contributed by atoms with Gasteiger partial charge >= 0.3 is 5.97 Å². The molecule has 3 aromatic carbocycles. The number of hydrogen-bond acceptors (Lipinski definition) is 8. The fourth-order valence-corrected chi connectivity index (χ4v) is 4.50. The van der Waals surface area contributed by atoms with E-state index in [9.17, 15) is 9.59 Å². The predicted molar refractivity (Wildman–Crippen MR) is 149 cm³/mol. The zero-order chi connectivity index (χ0) is 26.7. The highest BCUT2D eigenvalue weighted by Crippen LogP contribution is 2.23. The minimum absolute atomic E-state index is 0.0759. The average Bonchev–Trinajstić information content (AvgIpc) is 3.44. The SMILES string of the molecule is CCOC(=O)[C@H](CCc1ccccc1)N[C@@H](Cc1ccc(-c2cccc(Cl)c2)cc1)C(=O)CC1=NNNN1. The van der Waals surface area contributed by atoms with Gasteiger partial charge in [-0.2, -0.15) is 0 Å². The molecule has 8 nitrogen and oxygen atoms in total. The molecule has 4 rings (SSSR count). The zero-order valence-corrected chi connectivity index (χ0v) is 22.0. The second-order valence-corrected chi connectivity index (χ2v) is 9.46. The highest BCUT2D eigenvalue weighted by molar-refractivity contribution is 6.30. The number of hydrogen-bond donors (Lipinski definition) is 4. The van der Waals surface area contributed by atoms with Crippen LogP contribution in [0.4, 0.5) is 0 Å². The Morgan fingerprint density at radius 3 is 2.42 bits per heavy atom. The molecule has 0 amide bonds. The van der Waals surface area contributed by atoms with Crippen LogP contribution in [0.1, 0.15) is 30.9 Å². The van der Waals surface area contributed by atoms with E-state index in [0.717, 1.165) is 22.3 Å². The number of carbonyl (C=O) groups is 2. The van der Waals surface area contributed by atoms with Crippen molar-refractivity contribution in [1.29, 1.82) is 0 Å². The lowest BCUT2D eigenvalue weighted by atomic mass is 9.96. The van der Waals surface area contributed by atoms with Crippen LogP contribution in [-0.2, 0) is 27.2 Å². The van der Waals surface area contributed by atoms with Gasteiger partial charge in [0.05, 0.1) is 19.1 Å². The van der Waals surface area contributed by atoms with E-state index in [1.54, 1.807) is 6.92 Å². The smallest absolute Gasteiger partial charge is 0.323 e. The molecule has 0 fully saturated rings. The molecule has 198 valence electrons. The standard InChI is InChI=1S/C29H32ClN5O3/c1-2-38-29(37)25(16-13-20-7-4-3-5-8-20)31-26(27(36)19-28-32-34-35-33-28)17-21-11-14-22(15-12-21)23-9-6-10-24(30)18-23/h3-12,14-15,18,25-26,31,34-35H,2,13,16-17,19H2,1H3,(H,32,33)/t25-,26-/m0/s1. The summed E-state index contributed by atoms with van der Waals surface area (Å²) in [4.78, 5) is 26.3. The third-order valence-electron chi connectivity index (χ3n) is 6.27. The first kappa shape index (κ1) is 27.3. The van der Waals surface area contributed by atoms with Gasteiger partial charge in [0.2, 0.25) is 0 Å². The van der Waals surface area contributed by atoms with Gasteiger partial charge < -0.3 is 4.74 Å². The lowest BCUT2D eigenvalue weighted by molar-refractivity contribution is -0.146. The van der Waals surface area contributed by atoms with Gasteiger partial charge in [0.25, 0.3) is 0 Å². The van der Waals surface area contributed by atoms with Crippen LogP contribution in [0, 0.1) is 0 Å². The molecular formula is C29H32ClN5O3. The van der Waals surface area contributed by atoms with Gasteiger partial charge in [-0.05, 0) is 60.6 Å². The second kappa shape index (κ2) is 13.7. The lowest BCUT2D eigenvalue weighted by Gasteiger charge is -2.24. The van der Waals surface area contributed by atoms with Gasteiger partial charge in [0.1, 0.15) is 11.9 Å². The minimum Gasteiger partial charge on any atom is -0.465 e. The zero-order valence-electron chi connectivity index (χ0n) is 21.2. The largest absolute Gasteiger partial charge is 0.465 e. The molecule has 0 spiro atoms. The van der Waals surface area contributed by atoms with Crippen molar-refractivity contribution in [3.63, 3.8) is 0 Å². The summed E-state index contributed by atoms with van der Waals surface area (Å²) >= 11 is 6.15. The quantitative estimate of drug-likeness (QED) is 0.247. The van der Waals surface area contributed by atoms with E-state index < -0.39 is 12.1 Å². The number of hydrazone groups is 1. The number of esters is 1. The Labute approximate surface area is 227 Å². The van der Waals surface area contributed by atoms with Gasteiger partial charge in [0.15, 0.2) is 5.78 Å². The third kappa shape index (κ3) is 7.89. The molecule has 2 atom stereocenters. The number of nitrogens with zero attached hydrogens (tertiary/aromatic N) is 1. The summed E-state index contributed by atoms with van der Waals surface area (Å²) in [5.41, 5.74) is 12.2. The van der Waals surface area contributed by atoms with Crippen molar-refractivity contribution in [2.75, 3.05) is 6.61 Å². The molecular weight excluding hydrogens is 502 g/mol. The Morgan fingerprint density at radius 1 is 0.947 bits per heavy atom. The summed E-state index contributed by atoms with van der Waals surface area (Å²) in [6.07, 6.45) is 1.66. The van der Waals surface area contributed by atoms with Crippen molar-refractivity contribution in [3.8, 4) is 11.1 Å². The second-order valence-electron chi connectivity index (χ2n) is 9.02. The van der Waals surface area contributed by atoms with Crippen LogP contribution >= 0.6 is 11.6 Å². The molecule has 0 unspecified atom stereocenters. The first-order chi connectivity index (χ1) is 18.5. The fourth-order valence-electron chi connectivity index (χ4n) is 4.31. The molecule has 0 radical (unpaired) electrons. The summed E-state index contributed by atoms with van der Waals surface area (Å²) in [7, 11) is 0. The van der Waals surface area contributed by atoms with Crippen molar-refractivity contribution in [2.45, 2.75) is 44.7 Å². The summed E-state index contributed by atoms with van der Waals surface area (Å²) < 4.78 is 5.35. The van der Waals surface area contributed by atoms with Crippen molar-refractivity contribution in [1.82, 2.24) is 21.8 Å². The molecule has 0 saturated heterocycles. The number of carbonyl (C=O) groups excluding carboxylic acids is 2. The van der Waals surface area contributed by atoms with E-state index in [1.165, 1.54) is 0 Å². The average molecular weight is 534 g/mol. The number of rotatable bonds is 13. The molecule has 0 saturated carbocycles. The van der Waals surface area contributed by atoms with Crippen LogP contribution in [0.5, 0.6) is 0 Å². The first-order valence-corrected chi connectivity index (χ1v) is 13.1. The number of nitrogens with one attached hydrogen (secondary N) is 4. The fraction of sp³-hybridized carbons (Fsp3) is 0.276. The number of benzene rings is 3. The normalized spacial score (nSPS) is 14.1. The van der Waals surface area contributed by atoms with Gasteiger partial charge in [-0.15, -0.1) is 10.6 Å². The number of aryl methyl sites for hydroxylation is 1. The lowest BCUT2D eigenvalue weighted by Crippen LogP contribution is -2.50. The number of amidine groups is 1. The van der Waals surface area contributed by atoms with Crippen LogP contribution in [0.15, 0.2) is 84.0 Å². The molecule has 9 heteroatoms. The summed E-state index contributed by atoms with van der Waals surface area (Å²) in [5.74, 6) is 0.0296. The minimum atomic E-state index is -0.635. The van der Waals surface area contributed by atoms with E-state index in [4.69, 9.17) is 16.3 Å². The predicted octanol–water partition coefficient (Wildman–Crippen LogP) is 3.96. The van der Waals surface area contributed by atoms with Crippen LogP contribution in [0.2, 0.25) is 5.02 Å². The molecule has 4 N–H and O–H groups in total. The molecule has 1 aliphatic rings. The van der Waals surface area contributed by atoms with Crippen LogP contribution in [0.3, 0.4) is 0 Å². The molecule has 3 aromatic rings. The number of halogens is 1. The Bertz CT molecular complexity index is 1250. The maximum Gasteiger partial charge on any atom is 0.323 e. The Hall–Kier alpha value is -3.72. The maximum atomic E-state index is 13.4. The van der Waals surface area contributed by atoms with E-state index in [1.807, 2.05) is 78.9 Å². The van der Waals surface area contributed by atoms with E-state index in [0.29, 0.717) is 30.1 Å². The number of ether oxygens (including phenoxy) is 1. The van der Waals surface area contributed by atoms with E-state index >= 15 is 0 Å².